The van der Waals surface area contributed by atoms with Crippen LogP contribution in [0.3, 0.4) is 0 Å². The van der Waals surface area contributed by atoms with E-state index >= 15 is 0 Å². The highest BCUT2D eigenvalue weighted by Gasteiger charge is 2.86. The van der Waals surface area contributed by atoms with Crippen LogP contribution in [0.2, 0.25) is 0 Å². The monoisotopic (exact) mass is 918 g/mol. The van der Waals surface area contributed by atoms with Gasteiger partial charge in [-0.2, -0.15) is 79.0 Å². The van der Waals surface area contributed by atoms with Crippen LogP contribution in [-0.2, 0) is 47.5 Å². The molecule has 0 bridgehead atoms. The van der Waals surface area contributed by atoms with E-state index in [-0.39, 0.29) is 85.2 Å². The van der Waals surface area contributed by atoms with Crippen LogP contribution in [0.15, 0.2) is 0 Å². The summed E-state index contributed by atoms with van der Waals surface area (Å²) in [6.07, 6.45) is -41.0. The molecule has 0 aliphatic heterocycles. The van der Waals surface area contributed by atoms with Crippen LogP contribution in [0.25, 0.3) is 0 Å². The van der Waals surface area contributed by atoms with E-state index in [1.54, 1.807) is 0 Å². The Labute approximate surface area is 322 Å². The van der Waals surface area contributed by atoms with Crippen molar-refractivity contribution in [2.24, 2.45) is 0 Å². The zero-order chi connectivity index (χ0) is 45.7. The number of carbonyl (C=O) groups excluding carboxylic acids is 2. The van der Waals surface area contributed by atoms with E-state index in [2.05, 4.69) is 29.6 Å². The fourth-order valence-corrected chi connectivity index (χ4v) is 4.16. The van der Waals surface area contributed by atoms with Gasteiger partial charge in [-0.3, -0.25) is 9.59 Å². The molecule has 2 amide bonds. The summed E-state index contributed by atoms with van der Waals surface area (Å²) in [5.41, 5.74) is -12.8. The Hall–Kier alpha value is -2.64. The van der Waals surface area contributed by atoms with Crippen molar-refractivity contribution in [2.75, 3.05) is 106 Å². The second kappa shape index (κ2) is 25.3. The number of carbonyl (C=O) groups is 2. The molecule has 0 spiro atoms. The first kappa shape index (κ1) is 56.4. The molecule has 0 saturated carbocycles. The molecular formula is C29H40F18N2O10. The molecule has 0 unspecified atom stereocenters. The van der Waals surface area contributed by atoms with Crippen molar-refractivity contribution in [1.82, 2.24) is 10.6 Å². The summed E-state index contributed by atoms with van der Waals surface area (Å²) in [5.74, 6) is -0.824. The quantitative estimate of drug-likeness (QED) is 0.0717. The number of halogens is 18. The molecule has 0 aromatic carbocycles. The summed E-state index contributed by atoms with van der Waals surface area (Å²) in [4.78, 5) is 23.7. The molecule has 0 aliphatic carbocycles. The van der Waals surface area contributed by atoms with E-state index in [1.807, 2.05) is 0 Å². The van der Waals surface area contributed by atoms with Gasteiger partial charge in [-0.15, -0.1) is 0 Å². The predicted molar refractivity (Wildman–Crippen MR) is 158 cm³/mol. The molecule has 59 heavy (non-hydrogen) atoms. The number of hydrogen-bond donors (Lipinski definition) is 2. The van der Waals surface area contributed by atoms with Crippen LogP contribution in [0, 0.1) is 0 Å². The van der Waals surface area contributed by atoms with Crippen LogP contribution in [0.1, 0.15) is 19.3 Å². The Morgan fingerprint density at radius 3 is 0.746 bits per heavy atom. The van der Waals surface area contributed by atoms with Crippen molar-refractivity contribution in [2.45, 2.75) is 67.5 Å². The first-order valence-electron chi connectivity index (χ1n) is 16.7. The van der Waals surface area contributed by atoms with Gasteiger partial charge >= 0.3 is 48.3 Å². The average Bonchev–Trinajstić information content (AvgIpc) is 3.05. The minimum Gasteiger partial charge on any atom is -0.377 e. The highest BCUT2D eigenvalue weighted by molar-refractivity contribution is 5.78. The number of hydrogen-bond acceptors (Lipinski definition) is 10. The van der Waals surface area contributed by atoms with Gasteiger partial charge in [0.15, 0.2) is 0 Å². The Kier molecular flexibility index (Phi) is 24.2. The minimum absolute atomic E-state index is 0.0224. The van der Waals surface area contributed by atoms with Crippen molar-refractivity contribution in [3.05, 3.63) is 0 Å². The van der Waals surface area contributed by atoms with E-state index in [0.29, 0.717) is 0 Å². The second-order valence-corrected chi connectivity index (χ2v) is 11.3. The molecule has 0 radical (unpaired) electrons. The van der Waals surface area contributed by atoms with Gasteiger partial charge in [-0.25, -0.2) is 0 Å². The molecule has 30 heteroatoms. The summed E-state index contributed by atoms with van der Waals surface area (Å²) < 4.78 is 266. The standard InChI is InChI=1S/C29H40F18N2O10/c30-24(31,32)22(25(33,34)35,26(36,37)38)58-18-16-56-14-12-54-10-8-52-6-4-48-20(50)2-1-3-21(51)49-5-7-53-9-11-55-13-15-57-17-19-59-23(27(39,40)41,28(42,43)44)29(45,46)47/h1-19H2,(H,48,50)(H,49,51). The maximum absolute atomic E-state index is 12.7. The van der Waals surface area contributed by atoms with Crippen molar-refractivity contribution in [3.8, 4) is 0 Å². The first-order chi connectivity index (χ1) is 27.0. The van der Waals surface area contributed by atoms with E-state index < -0.39 is 99.7 Å². The fourth-order valence-electron chi connectivity index (χ4n) is 4.16. The van der Waals surface area contributed by atoms with E-state index in [1.165, 1.54) is 0 Å². The number of amides is 2. The molecule has 2 N–H and O–H groups in total. The van der Waals surface area contributed by atoms with Gasteiger partial charge in [0, 0.05) is 25.9 Å². The molecule has 0 fully saturated rings. The third kappa shape index (κ3) is 18.9. The molecule has 0 heterocycles. The van der Waals surface area contributed by atoms with E-state index in [4.69, 9.17) is 18.9 Å². The van der Waals surface area contributed by atoms with Gasteiger partial charge in [0.05, 0.1) is 92.5 Å². The van der Waals surface area contributed by atoms with Crippen molar-refractivity contribution >= 4 is 11.8 Å². The molecule has 0 aromatic rings. The molecule has 352 valence electrons. The van der Waals surface area contributed by atoms with Gasteiger partial charge in [0.2, 0.25) is 11.8 Å². The van der Waals surface area contributed by atoms with Gasteiger partial charge in [0.25, 0.3) is 0 Å². The lowest BCUT2D eigenvalue weighted by molar-refractivity contribution is -0.459. The highest BCUT2D eigenvalue weighted by atomic mass is 19.4. The van der Waals surface area contributed by atoms with Crippen LogP contribution < -0.4 is 10.6 Å². The lowest BCUT2D eigenvalue weighted by Gasteiger charge is -2.37. The molecule has 0 rings (SSSR count). The largest absolute Gasteiger partial charge is 0.435 e. The second-order valence-electron chi connectivity index (χ2n) is 11.3. The zero-order valence-electron chi connectivity index (χ0n) is 30.3. The van der Waals surface area contributed by atoms with E-state index in [0.717, 1.165) is 0 Å². The third-order valence-electron chi connectivity index (χ3n) is 6.92. The Morgan fingerprint density at radius 2 is 0.525 bits per heavy atom. The Balaban J connectivity index is 3.83. The van der Waals surface area contributed by atoms with Gasteiger partial charge in [-0.05, 0) is 6.42 Å². The molecule has 0 aromatic heterocycles. The average molecular weight is 919 g/mol. The van der Waals surface area contributed by atoms with Crippen LogP contribution >= 0.6 is 0 Å². The Morgan fingerprint density at radius 1 is 0.322 bits per heavy atom. The van der Waals surface area contributed by atoms with Crippen molar-refractivity contribution in [3.63, 3.8) is 0 Å². The van der Waals surface area contributed by atoms with Crippen LogP contribution in [-0.4, -0.2) is 166 Å². The van der Waals surface area contributed by atoms with Crippen molar-refractivity contribution < 1.29 is 127 Å². The number of rotatable bonds is 30. The third-order valence-corrected chi connectivity index (χ3v) is 6.92. The maximum atomic E-state index is 12.7. The summed E-state index contributed by atoms with van der Waals surface area (Å²) >= 11 is 0. The smallest absolute Gasteiger partial charge is 0.377 e. The molecular weight excluding hydrogens is 878 g/mol. The first-order valence-corrected chi connectivity index (χ1v) is 16.7. The van der Waals surface area contributed by atoms with Gasteiger partial charge in [-0.1, -0.05) is 0 Å². The summed E-state index contributed by atoms with van der Waals surface area (Å²) in [6.45, 7) is -6.85. The topological polar surface area (TPSA) is 132 Å². The normalized spacial score (nSPS) is 13.9. The lowest BCUT2D eigenvalue weighted by atomic mass is 10.0. The van der Waals surface area contributed by atoms with Gasteiger partial charge < -0.3 is 48.5 Å². The summed E-state index contributed by atoms with van der Waals surface area (Å²) in [7, 11) is 0. The molecule has 0 saturated heterocycles. The number of alkyl halides is 18. The van der Waals surface area contributed by atoms with Crippen LogP contribution in [0.5, 0.6) is 0 Å². The molecule has 0 aliphatic rings. The Bertz CT molecular complexity index is 1020. The fraction of sp³-hybridized carbons (Fsp3) is 0.931. The zero-order valence-corrected chi connectivity index (χ0v) is 30.3. The van der Waals surface area contributed by atoms with Crippen molar-refractivity contribution in [1.29, 1.82) is 0 Å². The number of nitrogens with one attached hydrogen (secondary N) is 2. The molecule has 0 atom stereocenters. The predicted octanol–water partition coefficient (Wildman–Crippen LogP) is 5.37. The minimum atomic E-state index is -6.85. The van der Waals surface area contributed by atoms with Crippen LogP contribution in [0.4, 0.5) is 79.0 Å². The highest BCUT2D eigenvalue weighted by Crippen LogP contribution is 2.56. The summed E-state index contributed by atoms with van der Waals surface area (Å²) in [6, 6.07) is 0. The molecule has 12 nitrogen and oxygen atoms in total. The van der Waals surface area contributed by atoms with E-state index in [9.17, 15) is 88.6 Å². The SMILES string of the molecule is O=C(CCCC(=O)NCCOCCOCCOCCOC(C(F)(F)F)(C(F)(F)F)C(F)(F)F)NCCOCCOCCOCCOC(C(F)(F)F)(C(F)(F)F)C(F)(F)F. The van der Waals surface area contributed by atoms with Gasteiger partial charge in [0.1, 0.15) is 0 Å². The lowest BCUT2D eigenvalue weighted by Crippen LogP contribution is -2.68. The maximum Gasteiger partial charge on any atom is 0.435 e. The number of ether oxygens (including phenoxy) is 8. The summed E-state index contributed by atoms with van der Waals surface area (Å²) in [5, 5.41) is 5.00.